The lowest BCUT2D eigenvalue weighted by Gasteiger charge is -2.13. The van der Waals surface area contributed by atoms with Gasteiger partial charge < -0.3 is 15.5 Å². The van der Waals surface area contributed by atoms with Crippen LogP contribution in [0.4, 0.5) is 0 Å². The van der Waals surface area contributed by atoms with Crippen molar-refractivity contribution in [2.24, 2.45) is 0 Å². The summed E-state index contributed by atoms with van der Waals surface area (Å²) in [6.45, 7) is 0.329. The highest BCUT2D eigenvalue weighted by Crippen LogP contribution is 2.08. The number of hydrogen-bond donors (Lipinski definition) is 3. The Morgan fingerprint density at radius 1 is 1.45 bits per heavy atom. The molecule has 0 unspecified atom stereocenters. The molecule has 11 heavy (non-hydrogen) atoms. The maximum atomic E-state index is 8.99. The third-order valence-corrected chi connectivity index (χ3v) is 1.86. The van der Waals surface area contributed by atoms with Gasteiger partial charge in [0, 0.05) is 12.6 Å². The van der Waals surface area contributed by atoms with E-state index in [2.05, 4.69) is 17.5 Å². The van der Waals surface area contributed by atoms with Crippen molar-refractivity contribution in [2.45, 2.75) is 25.0 Å². The lowest BCUT2D eigenvalue weighted by Crippen LogP contribution is -2.35. The zero-order valence-corrected chi connectivity index (χ0v) is 6.53. The van der Waals surface area contributed by atoms with E-state index in [1.165, 1.54) is 0 Å². The van der Waals surface area contributed by atoms with Crippen molar-refractivity contribution < 1.29 is 10.2 Å². The minimum atomic E-state index is -0.615. The number of aliphatic hydroxyl groups is 2. The van der Waals surface area contributed by atoms with Crippen LogP contribution in [0, 0.1) is 0 Å². The summed E-state index contributed by atoms with van der Waals surface area (Å²) in [5.74, 6) is 0. The van der Waals surface area contributed by atoms with E-state index >= 15 is 0 Å². The summed E-state index contributed by atoms with van der Waals surface area (Å²) in [6.07, 6.45) is 5.72. The number of hydrogen-bond acceptors (Lipinski definition) is 3. The first-order valence-corrected chi connectivity index (χ1v) is 4.00. The van der Waals surface area contributed by atoms with Crippen LogP contribution in [0.25, 0.3) is 0 Å². The predicted molar refractivity (Wildman–Crippen MR) is 43.3 cm³/mol. The van der Waals surface area contributed by atoms with Gasteiger partial charge in [-0.2, -0.15) is 0 Å². The molecule has 1 atom stereocenters. The molecule has 0 fully saturated rings. The average molecular weight is 157 g/mol. The fourth-order valence-corrected chi connectivity index (χ4v) is 1.15. The predicted octanol–water partition coefficient (Wildman–Crippen LogP) is -0.352. The van der Waals surface area contributed by atoms with E-state index in [4.69, 9.17) is 10.2 Å². The van der Waals surface area contributed by atoms with Gasteiger partial charge in [-0.05, 0) is 12.8 Å². The Labute approximate surface area is 66.7 Å². The van der Waals surface area contributed by atoms with Gasteiger partial charge in [-0.25, -0.2) is 0 Å². The first-order chi connectivity index (χ1) is 5.33. The lowest BCUT2D eigenvalue weighted by molar-refractivity contribution is 0.0922. The Balaban J connectivity index is 2.03. The number of aliphatic hydroxyl groups excluding tert-OH is 2. The van der Waals surface area contributed by atoms with Gasteiger partial charge >= 0.3 is 0 Å². The van der Waals surface area contributed by atoms with Gasteiger partial charge in [0.25, 0.3) is 0 Å². The van der Waals surface area contributed by atoms with Crippen LogP contribution in [0.3, 0.4) is 0 Å². The summed E-state index contributed by atoms with van der Waals surface area (Å²) < 4.78 is 0. The van der Waals surface area contributed by atoms with Gasteiger partial charge in [-0.1, -0.05) is 12.2 Å². The highest BCUT2D eigenvalue weighted by atomic mass is 16.3. The van der Waals surface area contributed by atoms with Crippen molar-refractivity contribution in [3.63, 3.8) is 0 Å². The quantitative estimate of drug-likeness (QED) is 0.489. The molecule has 0 aliphatic heterocycles. The first-order valence-electron chi connectivity index (χ1n) is 4.00. The highest BCUT2D eigenvalue weighted by molar-refractivity contribution is 4.97. The monoisotopic (exact) mass is 157 g/mol. The molecule has 1 rings (SSSR count). The highest BCUT2D eigenvalue weighted by Gasteiger charge is 2.10. The van der Waals surface area contributed by atoms with Crippen molar-refractivity contribution in [1.82, 2.24) is 5.32 Å². The van der Waals surface area contributed by atoms with E-state index in [1.54, 1.807) is 0 Å². The molecule has 0 aromatic heterocycles. The SMILES string of the molecule is OC[C@@H](O)CNC1CC=CC1. The number of rotatable bonds is 4. The first kappa shape index (κ1) is 8.71. The Morgan fingerprint density at radius 2 is 2.09 bits per heavy atom. The lowest BCUT2D eigenvalue weighted by atomic mass is 10.2. The van der Waals surface area contributed by atoms with E-state index in [9.17, 15) is 0 Å². The van der Waals surface area contributed by atoms with Crippen molar-refractivity contribution >= 4 is 0 Å². The minimum absolute atomic E-state index is 0.160. The maximum Gasteiger partial charge on any atom is 0.0895 e. The van der Waals surface area contributed by atoms with E-state index in [0.717, 1.165) is 12.8 Å². The molecular formula is C8H15NO2. The standard InChI is InChI=1S/C8H15NO2/c10-6-8(11)5-9-7-3-1-2-4-7/h1-2,7-11H,3-6H2/t8-/m0/s1. The van der Waals surface area contributed by atoms with Gasteiger partial charge in [0.15, 0.2) is 0 Å². The molecule has 0 spiro atoms. The van der Waals surface area contributed by atoms with Crippen molar-refractivity contribution in [1.29, 1.82) is 0 Å². The van der Waals surface area contributed by atoms with Crippen LogP contribution >= 0.6 is 0 Å². The molecular weight excluding hydrogens is 142 g/mol. The molecule has 64 valence electrons. The van der Waals surface area contributed by atoms with E-state index in [-0.39, 0.29) is 6.61 Å². The normalized spacial score (nSPS) is 20.9. The molecule has 0 radical (unpaired) electrons. The molecule has 1 aliphatic rings. The zero-order valence-electron chi connectivity index (χ0n) is 6.53. The molecule has 0 saturated carbocycles. The largest absolute Gasteiger partial charge is 0.394 e. The molecule has 0 bridgehead atoms. The minimum Gasteiger partial charge on any atom is -0.394 e. The van der Waals surface area contributed by atoms with Crippen molar-refractivity contribution in [3.05, 3.63) is 12.2 Å². The molecule has 1 aliphatic carbocycles. The zero-order chi connectivity index (χ0) is 8.10. The second kappa shape index (κ2) is 4.49. The van der Waals surface area contributed by atoms with Crippen LogP contribution in [0.2, 0.25) is 0 Å². The fraction of sp³-hybridized carbons (Fsp3) is 0.750. The van der Waals surface area contributed by atoms with E-state index in [1.807, 2.05) is 0 Å². The Hall–Kier alpha value is -0.380. The topological polar surface area (TPSA) is 52.5 Å². The van der Waals surface area contributed by atoms with Crippen LogP contribution in [-0.4, -0.2) is 35.5 Å². The molecule has 0 aromatic rings. The van der Waals surface area contributed by atoms with Crippen LogP contribution < -0.4 is 5.32 Å². The average Bonchev–Trinajstić information content (AvgIpc) is 2.52. The summed E-state index contributed by atoms with van der Waals surface area (Å²) in [4.78, 5) is 0. The van der Waals surface area contributed by atoms with Crippen LogP contribution in [0.1, 0.15) is 12.8 Å². The molecule has 0 heterocycles. The summed E-state index contributed by atoms with van der Waals surface area (Å²) >= 11 is 0. The summed E-state index contributed by atoms with van der Waals surface area (Å²) in [5.41, 5.74) is 0. The molecule has 0 amide bonds. The maximum absolute atomic E-state index is 8.99. The van der Waals surface area contributed by atoms with Gasteiger partial charge in [0.1, 0.15) is 0 Å². The summed E-state index contributed by atoms with van der Waals surface area (Å²) in [6, 6.07) is 0.469. The molecule has 3 nitrogen and oxygen atoms in total. The van der Waals surface area contributed by atoms with Gasteiger partial charge in [-0.3, -0.25) is 0 Å². The second-order valence-electron chi connectivity index (χ2n) is 2.88. The Bertz CT molecular complexity index is 128. The fourth-order valence-electron chi connectivity index (χ4n) is 1.15. The van der Waals surface area contributed by atoms with Crippen LogP contribution in [0.15, 0.2) is 12.2 Å². The Morgan fingerprint density at radius 3 is 2.64 bits per heavy atom. The van der Waals surface area contributed by atoms with Gasteiger partial charge in [0.2, 0.25) is 0 Å². The molecule has 0 saturated heterocycles. The van der Waals surface area contributed by atoms with Crippen LogP contribution in [-0.2, 0) is 0 Å². The second-order valence-corrected chi connectivity index (χ2v) is 2.88. The van der Waals surface area contributed by atoms with Crippen molar-refractivity contribution in [2.75, 3.05) is 13.2 Å². The number of nitrogens with one attached hydrogen (secondary N) is 1. The summed E-state index contributed by atoms with van der Waals surface area (Å²) in [5, 5.41) is 20.6. The van der Waals surface area contributed by atoms with Crippen LogP contribution in [0.5, 0.6) is 0 Å². The van der Waals surface area contributed by atoms with Gasteiger partial charge in [-0.15, -0.1) is 0 Å². The van der Waals surface area contributed by atoms with Crippen molar-refractivity contribution in [3.8, 4) is 0 Å². The van der Waals surface area contributed by atoms with E-state index < -0.39 is 6.10 Å². The Kier molecular flexibility index (Phi) is 3.56. The third kappa shape index (κ3) is 3.01. The smallest absolute Gasteiger partial charge is 0.0895 e. The third-order valence-electron chi connectivity index (χ3n) is 1.86. The van der Waals surface area contributed by atoms with E-state index in [0.29, 0.717) is 12.6 Å². The molecule has 0 aromatic carbocycles. The summed E-state index contributed by atoms with van der Waals surface area (Å²) in [7, 11) is 0. The molecule has 3 N–H and O–H groups in total. The molecule has 3 heteroatoms. The van der Waals surface area contributed by atoms with Gasteiger partial charge in [0.05, 0.1) is 12.7 Å².